The molecule has 0 spiro atoms. The highest BCUT2D eigenvalue weighted by molar-refractivity contribution is 5.79. The van der Waals surface area contributed by atoms with Crippen molar-refractivity contribution in [1.82, 2.24) is 25.2 Å². The molecule has 0 bridgehead atoms. The highest BCUT2D eigenvalue weighted by Gasteiger charge is 2.16. The van der Waals surface area contributed by atoms with Gasteiger partial charge in [0.25, 0.3) is 5.56 Å². The number of hydrogen-bond acceptors (Lipinski definition) is 6. The van der Waals surface area contributed by atoms with Crippen LogP contribution in [0.25, 0.3) is 10.9 Å². The van der Waals surface area contributed by atoms with Gasteiger partial charge in [-0.2, -0.15) is 0 Å². The van der Waals surface area contributed by atoms with Gasteiger partial charge in [0.15, 0.2) is 0 Å². The van der Waals surface area contributed by atoms with Crippen LogP contribution in [0.3, 0.4) is 0 Å². The smallest absolute Gasteiger partial charge is 0.258 e. The molecule has 1 aliphatic rings. The fourth-order valence-corrected chi connectivity index (χ4v) is 4.71. The van der Waals surface area contributed by atoms with Crippen LogP contribution in [-0.2, 0) is 19.6 Å². The van der Waals surface area contributed by atoms with Crippen LogP contribution in [0.15, 0.2) is 71.7 Å². The molecule has 0 radical (unpaired) electrons. The van der Waals surface area contributed by atoms with Crippen molar-refractivity contribution < 1.29 is 4.74 Å². The van der Waals surface area contributed by atoms with E-state index in [-0.39, 0.29) is 12.2 Å². The lowest BCUT2D eigenvalue weighted by Gasteiger charge is -2.29. The maximum absolute atomic E-state index is 12.7. The van der Waals surface area contributed by atoms with Crippen LogP contribution < -0.4 is 15.6 Å². The molecule has 5 rings (SSSR count). The molecule has 0 unspecified atom stereocenters. The number of pyridine rings is 1. The number of benzene rings is 2. The van der Waals surface area contributed by atoms with Gasteiger partial charge in [0.2, 0.25) is 0 Å². The lowest BCUT2D eigenvalue weighted by atomic mass is 9.97. The van der Waals surface area contributed by atoms with Gasteiger partial charge in [0.05, 0.1) is 11.1 Å². The van der Waals surface area contributed by atoms with E-state index in [0.29, 0.717) is 29.2 Å². The van der Waals surface area contributed by atoms with E-state index >= 15 is 0 Å². The van der Waals surface area contributed by atoms with Crippen LogP contribution in [0.5, 0.6) is 5.75 Å². The van der Waals surface area contributed by atoms with E-state index in [4.69, 9.17) is 9.72 Å². The zero-order valence-corrected chi connectivity index (χ0v) is 20.7. The van der Waals surface area contributed by atoms with Gasteiger partial charge in [0, 0.05) is 12.7 Å². The summed E-state index contributed by atoms with van der Waals surface area (Å²) in [4.78, 5) is 27.2. The van der Waals surface area contributed by atoms with Gasteiger partial charge in [0.1, 0.15) is 23.7 Å². The Morgan fingerprint density at radius 3 is 2.56 bits per heavy atom. The van der Waals surface area contributed by atoms with E-state index in [1.807, 2.05) is 18.2 Å². The van der Waals surface area contributed by atoms with Crippen molar-refractivity contribution in [2.24, 2.45) is 5.92 Å². The summed E-state index contributed by atoms with van der Waals surface area (Å²) in [6.45, 7) is 4.01. The molecule has 2 aromatic heterocycles. The normalized spacial score (nSPS) is 14.8. The molecule has 0 saturated carbocycles. The predicted molar refractivity (Wildman–Crippen MR) is 142 cm³/mol. The summed E-state index contributed by atoms with van der Waals surface area (Å²) in [6.07, 6.45) is 4.97. The van der Waals surface area contributed by atoms with Crippen molar-refractivity contribution in [1.29, 1.82) is 0 Å². The highest BCUT2D eigenvalue weighted by atomic mass is 16.5. The summed E-state index contributed by atoms with van der Waals surface area (Å²) in [6, 6.07) is 20.1. The zero-order chi connectivity index (χ0) is 24.7. The van der Waals surface area contributed by atoms with Crippen LogP contribution in [-0.4, -0.2) is 46.5 Å². The molecule has 4 aromatic rings. The average Bonchev–Trinajstić information content (AvgIpc) is 2.90. The Labute approximate surface area is 211 Å². The minimum absolute atomic E-state index is 0.171. The monoisotopic (exact) mass is 483 g/mol. The van der Waals surface area contributed by atoms with Crippen LogP contribution in [0.2, 0.25) is 0 Å². The fourth-order valence-electron chi connectivity index (χ4n) is 4.71. The Bertz CT molecular complexity index is 1330. The van der Waals surface area contributed by atoms with Gasteiger partial charge in [-0.3, -0.25) is 9.78 Å². The third kappa shape index (κ3) is 6.17. The molecule has 1 aliphatic heterocycles. The van der Waals surface area contributed by atoms with Gasteiger partial charge in [-0.1, -0.05) is 42.5 Å². The third-order valence-electron chi connectivity index (χ3n) is 6.86. The second-order valence-corrected chi connectivity index (χ2v) is 9.64. The standard InChI is InChI=1S/C29H33N5O2/c1-34-15-12-23(13-16-34)18-30-19-26-28-25(11-14-31-26)29(35)33-27(32-28)20-36-24-9-7-22(8-10-24)17-21-5-3-2-4-6-21/h2-11,14,23,30H,12-13,15-20H2,1H3,(H,32,33,35). The summed E-state index contributed by atoms with van der Waals surface area (Å²) < 4.78 is 5.94. The minimum Gasteiger partial charge on any atom is -0.486 e. The first kappa shape index (κ1) is 24.2. The second-order valence-electron chi connectivity index (χ2n) is 9.64. The lowest BCUT2D eigenvalue weighted by Crippen LogP contribution is -2.34. The van der Waals surface area contributed by atoms with Gasteiger partial charge in [-0.25, -0.2) is 4.98 Å². The van der Waals surface area contributed by atoms with Crippen molar-refractivity contribution in [3.63, 3.8) is 0 Å². The second kappa shape index (κ2) is 11.5. The Balaban J connectivity index is 1.22. The Hall–Kier alpha value is -3.55. The number of likely N-dealkylation sites (tertiary alicyclic amines) is 1. The van der Waals surface area contributed by atoms with Crippen LogP contribution in [0, 0.1) is 5.92 Å². The van der Waals surface area contributed by atoms with Crippen LogP contribution >= 0.6 is 0 Å². The maximum Gasteiger partial charge on any atom is 0.258 e. The molecule has 0 amide bonds. The summed E-state index contributed by atoms with van der Waals surface area (Å²) in [5.41, 5.74) is 3.74. The molecule has 7 nitrogen and oxygen atoms in total. The van der Waals surface area contributed by atoms with Crippen LogP contribution in [0.1, 0.15) is 35.5 Å². The Morgan fingerprint density at radius 1 is 1.03 bits per heavy atom. The molecular formula is C29H33N5O2. The quantitative estimate of drug-likeness (QED) is 0.376. The van der Waals surface area contributed by atoms with E-state index in [1.54, 1.807) is 12.3 Å². The molecule has 1 saturated heterocycles. The van der Waals surface area contributed by atoms with E-state index < -0.39 is 0 Å². The van der Waals surface area contributed by atoms with Crippen LogP contribution in [0.4, 0.5) is 0 Å². The number of nitrogens with zero attached hydrogens (tertiary/aromatic N) is 3. The van der Waals surface area contributed by atoms with Gasteiger partial charge >= 0.3 is 0 Å². The third-order valence-corrected chi connectivity index (χ3v) is 6.86. The number of aromatic nitrogens is 3. The van der Waals surface area contributed by atoms with Gasteiger partial charge < -0.3 is 19.9 Å². The number of nitrogens with one attached hydrogen (secondary N) is 2. The Kier molecular flexibility index (Phi) is 7.69. The highest BCUT2D eigenvalue weighted by Crippen LogP contribution is 2.18. The number of H-pyrrole nitrogens is 1. The van der Waals surface area contributed by atoms with E-state index in [2.05, 4.69) is 63.6 Å². The molecular weight excluding hydrogens is 450 g/mol. The van der Waals surface area contributed by atoms with Crippen molar-refractivity contribution in [2.45, 2.75) is 32.4 Å². The zero-order valence-electron chi connectivity index (χ0n) is 20.7. The molecule has 2 aromatic carbocycles. The molecule has 2 N–H and O–H groups in total. The van der Waals surface area contributed by atoms with Gasteiger partial charge in [-0.05, 0) is 81.2 Å². The first-order valence-electron chi connectivity index (χ1n) is 12.7. The summed E-state index contributed by atoms with van der Waals surface area (Å²) in [7, 11) is 2.18. The number of rotatable bonds is 9. The number of fused-ring (bicyclic) bond motifs is 1. The van der Waals surface area contributed by atoms with E-state index in [9.17, 15) is 4.79 Å². The first-order chi connectivity index (χ1) is 17.6. The molecule has 0 atom stereocenters. The molecule has 3 heterocycles. The fraction of sp³-hybridized carbons (Fsp3) is 0.345. The van der Waals surface area contributed by atoms with Gasteiger partial charge in [-0.15, -0.1) is 0 Å². The van der Waals surface area contributed by atoms with Crippen molar-refractivity contribution in [2.75, 3.05) is 26.7 Å². The van der Waals surface area contributed by atoms with Crippen molar-refractivity contribution in [3.05, 3.63) is 99.9 Å². The number of aromatic amines is 1. The average molecular weight is 484 g/mol. The molecule has 1 fully saturated rings. The Morgan fingerprint density at radius 2 is 1.78 bits per heavy atom. The molecule has 36 heavy (non-hydrogen) atoms. The number of ether oxygens (including phenoxy) is 1. The number of hydrogen-bond donors (Lipinski definition) is 2. The summed E-state index contributed by atoms with van der Waals surface area (Å²) >= 11 is 0. The lowest BCUT2D eigenvalue weighted by molar-refractivity contribution is 0.216. The SMILES string of the molecule is CN1CCC(CNCc2nccc3c(=O)[nH]c(COc4ccc(Cc5ccccc5)cc4)nc23)CC1. The minimum atomic E-state index is -0.171. The van der Waals surface area contributed by atoms with Crippen molar-refractivity contribution in [3.8, 4) is 5.75 Å². The first-order valence-corrected chi connectivity index (χ1v) is 12.7. The predicted octanol–water partition coefficient (Wildman–Crippen LogP) is 3.92. The molecule has 0 aliphatic carbocycles. The largest absolute Gasteiger partial charge is 0.486 e. The molecule has 186 valence electrons. The summed E-state index contributed by atoms with van der Waals surface area (Å²) in [5, 5.41) is 4.08. The maximum atomic E-state index is 12.7. The van der Waals surface area contributed by atoms with Crippen molar-refractivity contribution >= 4 is 10.9 Å². The topological polar surface area (TPSA) is 83.1 Å². The summed E-state index contributed by atoms with van der Waals surface area (Å²) in [5.74, 6) is 1.90. The number of piperidine rings is 1. The van der Waals surface area contributed by atoms with E-state index in [1.165, 1.54) is 24.0 Å². The molecule has 7 heteroatoms. The van der Waals surface area contributed by atoms with E-state index in [0.717, 1.165) is 37.5 Å².